The van der Waals surface area contributed by atoms with Gasteiger partial charge in [0.15, 0.2) is 0 Å². The Hall–Kier alpha value is 0.400. The molecule has 0 aliphatic heterocycles. The standard InChI is InChI=1S/C8H12S3/c1-3-5-6(4-2)8(10)11-7(5)9/h9-10H,3-4H2,1-2H3. The fraction of sp³-hybridized carbons (Fsp3) is 0.500. The van der Waals surface area contributed by atoms with Gasteiger partial charge in [0.25, 0.3) is 0 Å². The smallest absolute Gasteiger partial charge is 0.0614 e. The minimum absolute atomic E-state index is 1.07. The third-order valence-corrected chi connectivity index (χ3v) is 3.75. The van der Waals surface area contributed by atoms with Gasteiger partial charge in [-0.05, 0) is 24.0 Å². The third-order valence-electron chi connectivity index (χ3n) is 1.78. The molecular weight excluding hydrogens is 192 g/mol. The number of hydrogen-bond donors (Lipinski definition) is 2. The van der Waals surface area contributed by atoms with Crippen LogP contribution < -0.4 is 0 Å². The normalized spacial score (nSPS) is 10.5. The summed E-state index contributed by atoms with van der Waals surface area (Å²) in [6.07, 6.45) is 2.14. The van der Waals surface area contributed by atoms with E-state index < -0.39 is 0 Å². The van der Waals surface area contributed by atoms with Gasteiger partial charge in [0, 0.05) is 0 Å². The van der Waals surface area contributed by atoms with Crippen molar-refractivity contribution in [3.63, 3.8) is 0 Å². The lowest BCUT2D eigenvalue weighted by molar-refractivity contribution is 1.01. The van der Waals surface area contributed by atoms with Gasteiger partial charge in [0.2, 0.25) is 0 Å². The molecule has 0 N–H and O–H groups in total. The van der Waals surface area contributed by atoms with Crippen LogP contribution in [0.2, 0.25) is 0 Å². The summed E-state index contributed by atoms with van der Waals surface area (Å²) in [4.78, 5) is 0. The van der Waals surface area contributed by atoms with Crippen LogP contribution in [0.25, 0.3) is 0 Å². The van der Waals surface area contributed by atoms with Crippen LogP contribution in [0.15, 0.2) is 8.42 Å². The molecule has 1 rings (SSSR count). The molecule has 11 heavy (non-hydrogen) atoms. The zero-order chi connectivity index (χ0) is 8.43. The highest BCUT2D eigenvalue weighted by molar-refractivity contribution is 7.85. The quantitative estimate of drug-likeness (QED) is 0.677. The van der Waals surface area contributed by atoms with Crippen molar-refractivity contribution in [2.45, 2.75) is 35.1 Å². The van der Waals surface area contributed by atoms with E-state index in [-0.39, 0.29) is 0 Å². The minimum Gasteiger partial charge on any atom is -0.133 e. The van der Waals surface area contributed by atoms with Gasteiger partial charge >= 0.3 is 0 Å². The fourth-order valence-corrected chi connectivity index (χ4v) is 3.52. The van der Waals surface area contributed by atoms with Crippen LogP contribution in [0, 0.1) is 0 Å². The van der Waals surface area contributed by atoms with Crippen molar-refractivity contribution in [1.29, 1.82) is 0 Å². The minimum atomic E-state index is 1.07. The maximum absolute atomic E-state index is 4.39. The van der Waals surface area contributed by atoms with Gasteiger partial charge < -0.3 is 0 Å². The van der Waals surface area contributed by atoms with Gasteiger partial charge in [-0.2, -0.15) is 0 Å². The summed E-state index contributed by atoms with van der Waals surface area (Å²) in [5.41, 5.74) is 2.76. The first-order valence-corrected chi connectivity index (χ1v) is 5.44. The summed E-state index contributed by atoms with van der Waals surface area (Å²) < 4.78 is 2.27. The topological polar surface area (TPSA) is 0 Å². The van der Waals surface area contributed by atoms with Crippen molar-refractivity contribution in [2.75, 3.05) is 0 Å². The molecule has 0 aliphatic rings. The first kappa shape index (κ1) is 9.49. The molecule has 1 heterocycles. The first-order valence-electron chi connectivity index (χ1n) is 3.73. The van der Waals surface area contributed by atoms with Gasteiger partial charge in [-0.1, -0.05) is 13.8 Å². The maximum atomic E-state index is 4.39. The second-order valence-corrected chi connectivity index (χ2v) is 4.90. The molecule has 0 amide bonds. The Morgan fingerprint density at radius 3 is 1.64 bits per heavy atom. The molecule has 0 fully saturated rings. The average molecular weight is 204 g/mol. The molecule has 1 aromatic rings. The van der Waals surface area contributed by atoms with E-state index in [1.807, 2.05) is 0 Å². The molecule has 0 saturated heterocycles. The van der Waals surface area contributed by atoms with E-state index in [1.165, 1.54) is 11.1 Å². The Bertz CT molecular complexity index is 226. The SMILES string of the molecule is CCc1c(S)sc(S)c1CC. The molecule has 3 heteroatoms. The molecular formula is C8H12S3. The van der Waals surface area contributed by atoms with E-state index in [9.17, 15) is 0 Å². The van der Waals surface area contributed by atoms with Crippen LogP contribution in [0.4, 0.5) is 0 Å². The number of rotatable bonds is 2. The first-order chi connectivity index (χ1) is 5.20. The van der Waals surface area contributed by atoms with Gasteiger partial charge in [-0.15, -0.1) is 36.6 Å². The predicted octanol–water partition coefficient (Wildman–Crippen LogP) is 3.45. The second kappa shape index (κ2) is 3.87. The molecule has 0 atom stereocenters. The fourth-order valence-electron chi connectivity index (χ4n) is 1.20. The van der Waals surface area contributed by atoms with Crippen LogP contribution >= 0.6 is 36.6 Å². The Morgan fingerprint density at radius 2 is 1.36 bits per heavy atom. The van der Waals surface area contributed by atoms with Crippen molar-refractivity contribution in [3.8, 4) is 0 Å². The lowest BCUT2D eigenvalue weighted by Gasteiger charge is -1.98. The highest BCUT2D eigenvalue weighted by Gasteiger charge is 2.09. The molecule has 0 radical (unpaired) electrons. The summed E-state index contributed by atoms with van der Waals surface area (Å²) in [6.45, 7) is 4.32. The van der Waals surface area contributed by atoms with Crippen molar-refractivity contribution in [2.24, 2.45) is 0 Å². The van der Waals surface area contributed by atoms with E-state index >= 15 is 0 Å². The molecule has 0 bridgehead atoms. The number of thiophene rings is 1. The van der Waals surface area contributed by atoms with Crippen molar-refractivity contribution >= 4 is 36.6 Å². The van der Waals surface area contributed by atoms with Crippen LogP contribution in [0.5, 0.6) is 0 Å². The summed E-state index contributed by atoms with van der Waals surface area (Å²) in [6, 6.07) is 0. The highest BCUT2D eigenvalue weighted by atomic mass is 32.2. The lowest BCUT2D eigenvalue weighted by Crippen LogP contribution is -1.85. The summed E-state index contributed by atoms with van der Waals surface area (Å²) in [5.74, 6) is 0. The van der Waals surface area contributed by atoms with Gasteiger partial charge in [-0.25, -0.2) is 0 Å². The Labute approximate surface area is 82.8 Å². The largest absolute Gasteiger partial charge is 0.133 e. The highest BCUT2D eigenvalue weighted by Crippen LogP contribution is 2.34. The van der Waals surface area contributed by atoms with E-state index in [0.29, 0.717) is 0 Å². The summed E-state index contributed by atoms with van der Waals surface area (Å²) in [7, 11) is 0. The van der Waals surface area contributed by atoms with Gasteiger partial charge in [0.1, 0.15) is 0 Å². The van der Waals surface area contributed by atoms with Crippen LogP contribution in [-0.4, -0.2) is 0 Å². The monoisotopic (exact) mass is 204 g/mol. The Morgan fingerprint density at radius 1 is 1.00 bits per heavy atom. The van der Waals surface area contributed by atoms with Crippen LogP contribution in [0.1, 0.15) is 25.0 Å². The summed E-state index contributed by atoms with van der Waals surface area (Å²) in [5, 5.41) is 0. The molecule has 0 aromatic carbocycles. The Balaban J connectivity index is 3.17. The second-order valence-electron chi connectivity index (χ2n) is 2.38. The van der Waals surface area contributed by atoms with Crippen LogP contribution in [0.3, 0.4) is 0 Å². The molecule has 0 aliphatic carbocycles. The number of hydrogen-bond acceptors (Lipinski definition) is 3. The predicted molar refractivity (Wildman–Crippen MR) is 57.6 cm³/mol. The lowest BCUT2D eigenvalue weighted by atomic mass is 10.1. The van der Waals surface area contributed by atoms with E-state index in [0.717, 1.165) is 21.3 Å². The molecule has 0 saturated carbocycles. The molecule has 62 valence electrons. The van der Waals surface area contributed by atoms with Crippen molar-refractivity contribution in [1.82, 2.24) is 0 Å². The van der Waals surface area contributed by atoms with Gasteiger partial charge in [0.05, 0.1) is 8.42 Å². The van der Waals surface area contributed by atoms with E-state index in [2.05, 4.69) is 39.1 Å². The molecule has 1 aromatic heterocycles. The molecule has 0 unspecified atom stereocenters. The van der Waals surface area contributed by atoms with Crippen LogP contribution in [-0.2, 0) is 12.8 Å². The van der Waals surface area contributed by atoms with Crippen molar-refractivity contribution in [3.05, 3.63) is 11.1 Å². The van der Waals surface area contributed by atoms with E-state index in [4.69, 9.17) is 0 Å². The summed E-state index contributed by atoms with van der Waals surface area (Å²) >= 11 is 10.5. The Kier molecular flexibility index (Phi) is 3.34. The average Bonchev–Trinajstić information content (AvgIpc) is 2.24. The van der Waals surface area contributed by atoms with Gasteiger partial charge in [-0.3, -0.25) is 0 Å². The molecule has 0 spiro atoms. The van der Waals surface area contributed by atoms with Crippen molar-refractivity contribution < 1.29 is 0 Å². The number of thiol groups is 2. The molecule has 0 nitrogen and oxygen atoms in total. The maximum Gasteiger partial charge on any atom is 0.0614 e. The third kappa shape index (κ3) is 1.76. The zero-order valence-electron chi connectivity index (χ0n) is 6.72. The zero-order valence-corrected chi connectivity index (χ0v) is 9.32. The van der Waals surface area contributed by atoms with E-state index in [1.54, 1.807) is 11.3 Å².